The van der Waals surface area contributed by atoms with E-state index in [4.69, 9.17) is 23.2 Å². The van der Waals surface area contributed by atoms with E-state index in [1.807, 2.05) is 11.9 Å². The van der Waals surface area contributed by atoms with Crippen molar-refractivity contribution in [2.75, 3.05) is 51.2 Å². The highest BCUT2D eigenvalue weighted by Gasteiger charge is 2.34. The van der Waals surface area contributed by atoms with Crippen LogP contribution >= 0.6 is 34.5 Å². The van der Waals surface area contributed by atoms with Gasteiger partial charge in [-0.25, -0.2) is 12.8 Å². The summed E-state index contributed by atoms with van der Waals surface area (Å²) >= 11 is 13.4. The first kappa shape index (κ1) is 29.7. The Morgan fingerprint density at radius 3 is 2.46 bits per heavy atom. The molecule has 0 spiro atoms. The van der Waals surface area contributed by atoms with E-state index in [-0.39, 0.29) is 41.0 Å². The maximum Gasteiger partial charge on any atom is 0.261 e. The van der Waals surface area contributed by atoms with Gasteiger partial charge in [-0.3, -0.25) is 14.4 Å². The van der Waals surface area contributed by atoms with Gasteiger partial charge in [-0.15, -0.1) is 11.3 Å². The van der Waals surface area contributed by atoms with E-state index in [1.54, 1.807) is 6.07 Å². The van der Waals surface area contributed by atoms with Crippen LogP contribution in [-0.4, -0.2) is 88.3 Å². The van der Waals surface area contributed by atoms with Crippen LogP contribution in [0, 0.1) is 5.82 Å². The van der Waals surface area contributed by atoms with Crippen molar-refractivity contribution in [3.05, 3.63) is 44.3 Å². The molecule has 10 nitrogen and oxygen atoms in total. The number of sulfonamides is 1. The van der Waals surface area contributed by atoms with Gasteiger partial charge in [0.2, 0.25) is 21.8 Å². The number of carbonyl (C=O) groups excluding carboxylic acids is 3. The zero-order chi connectivity index (χ0) is 28.3. The molecule has 3 heterocycles. The number of piperazine rings is 1. The van der Waals surface area contributed by atoms with Gasteiger partial charge in [-0.2, -0.15) is 4.72 Å². The molecule has 0 bridgehead atoms. The topological polar surface area (TPSA) is 119 Å². The van der Waals surface area contributed by atoms with Gasteiger partial charge in [0, 0.05) is 45.7 Å². The van der Waals surface area contributed by atoms with Crippen LogP contribution < -0.4 is 14.9 Å². The first-order valence-electron chi connectivity index (χ1n) is 12.3. The Bertz CT molecular complexity index is 1360. The molecular weight excluding hydrogens is 592 g/mol. The minimum atomic E-state index is -4.58. The molecule has 15 heteroatoms. The Morgan fingerprint density at radius 2 is 1.82 bits per heavy atom. The summed E-state index contributed by atoms with van der Waals surface area (Å²) in [6, 6.07) is 3.42. The van der Waals surface area contributed by atoms with Crippen LogP contribution in [0.3, 0.4) is 0 Å². The number of carbonyl (C=O) groups is 3. The van der Waals surface area contributed by atoms with E-state index in [0.29, 0.717) is 43.4 Å². The molecule has 4 rings (SSSR count). The Kier molecular flexibility index (Phi) is 9.50. The molecule has 2 aliphatic heterocycles. The maximum atomic E-state index is 14.7. The SMILES string of the molecule is CN1CCN(C(=O)[C@H](CNC(=O)c2ccc(Cl)s2)NS(=O)(=O)c2cc(F)cc(N3CCCCC3=O)c2Cl)CC1. The molecule has 212 valence electrons. The van der Waals surface area contributed by atoms with Crippen LogP contribution in [-0.2, 0) is 19.6 Å². The smallest absolute Gasteiger partial charge is 0.261 e. The monoisotopic (exact) mass is 619 g/mol. The number of halogens is 3. The second-order valence-electron chi connectivity index (χ2n) is 9.36. The Balaban J connectivity index is 1.61. The Morgan fingerprint density at radius 1 is 1.10 bits per heavy atom. The number of nitrogens with zero attached hydrogens (tertiary/aromatic N) is 3. The largest absolute Gasteiger partial charge is 0.349 e. The molecule has 1 atom stereocenters. The van der Waals surface area contributed by atoms with Gasteiger partial charge in [-0.05, 0) is 44.2 Å². The molecule has 2 aliphatic rings. The number of hydrogen-bond acceptors (Lipinski definition) is 7. The number of piperidine rings is 1. The van der Waals surface area contributed by atoms with Gasteiger partial charge in [0.05, 0.1) is 19.9 Å². The molecule has 0 aliphatic carbocycles. The van der Waals surface area contributed by atoms with Crippen molar-refractivity contribution in [3.8, 4) is 0 Å². The molecule has 0 unspecified atom stereocenters. The van der Waals surface area contributed by atoms with E-state index >= 15 is 0 Å². The lowest BCUT2D eigenvalue weighted by Crippen LogP contribution is -2.57. The maximum absolute atomic E-state index is 14.7. The standard InChI is InChI=1S/C24H28Cl2FN5O5S2/c1-30-8-10-31(11-9-30)24(35)16(14-28-23(34)18-5-6-20(25)38-18)29-39(36,37)19-13-15(27)12-17(22(19)26)32-7-3-2-4-21(32)33/h5-6,12-13,16,29H,2-4,7-11,14H2,1H3,(H,28,34)/t16-/m0/s1. The lowest BCUT2D eigenvalue weighted by molar-refractivity contribution is -0.134. The third-order valence-corrected chi connectivity index (χ3v) is 9.80. The molecule has 2 fully saturated rings. The summed E-state index contributed by atoms with van der Waals surface area (Å²) in [4.78, 5) is 43.0. The van der Waals surface area contributed by atoms with Crippen molar-refractivity contribution in [2.45, 2.75) is 30.2 Å². The highest BCUT2D eigenvalue weighted by atomic mass is 35.5. The fraction of sp³-hybridized carbons (Fsp3) is 0.458. The summed E-state index contributed by atoms with van der Waals surface area (Å²) in [5, 5.41) is 2.25. The van der Waals surface area contributed by atoms with Crippen LogP contribution in [0.2, 0.25) is 9.36 Å². The highest BCUT2D eigenvalue weighted by molar-refractivity contribution is 7.89. The summed E-state index contributed by atoms with van der Waals surface area (Å²) in [6.45, 7) is 1.82. The number of thiophene rings is 1. The van der Waals surface area contributed by atoms with Crippen LogP contribution in [0.15, 0.2) is 29.2 Å². The van der Waals surface area contributed by atoms with Crippen LogP contribution in [0.4, 0.5) is 10.1 Å². The molecular formula is C24H28Cl2FN5O5S2. The number of benzene rings is 1. The molecule has 39 heavy (non-hydrogen) atoms. The molecule has 1 aromatic heterocycles. The van der Waals surface area contributed by atoms with Crippen LogP contribution in [0.1, 0.15) is 28.9 Å². The second-order valence-corrected chi connectivity index (χ2v) is 13.1. The highest BCUT2D eigenvalue weighted by Crippen LogP contribution is 2.35. The number of hydrogen-bond donors (Lipinski definition) is 2. The second kappa shape index (κ2) is 12.5. The van der Waals surface area contributed by atoms with E-state index in [9.17, 15) is 27.2 Å². The van der Waals surface area contributed by atoms with Gasteiger partial charge in [0.25, 0.3) is 5.91 Å². The fourth-order valence-electron chi connectivity index (χ4n) is 4.40. The lowest BCUT2D eigenvalue weighted by Gasteiger charge is -2.34. The Hall–Kier alpha value is -2.29. The summed E-state index contributed by atoms with van der Waals surface area (Å²) < 4.78 is 44.4. The summed E-state index contributed by atoms with van der Waals surface area (Å²) in [7, 11) is -2.67. The molecule has 1 aromatic carbocycles. The van der Waals surface area contributed by atoms with Crippen molar-refractivity contribution in [2.24, 2.45) is 0 Å². The zero-order valence-electron chi connectivity index (χ0n) is 21.1. The average molecular weight is 621 g/mol. The minimum Gasteiger partial charge on any atom is -0.349 e. The molecule has 0 saturated carbocycles. The first-order chi connectivity index (χ1) is 18.5. The summed E-state index contributed by atoms with van der Waals surface area (Å²) in [6.07, 6.45) is 1.58. The quantitative estimate of drug-likeness (QED) is 0.469. The number of rotatable bonds is 8. The van der Waals surface area contributed by atoms with E-state index in [2.05, 4.69) is 10.0 Å². The number of likely N-dealkylation sites (N-methyl/N-ethyl adjacent to an activating group) is 1. The fourth-order valence-corrected chi connectivity index (χ4v) is 7.17. The Labute approximate surface area is 240 Å². The normalized spacial score (nSPS) is 17.8. The van der Waals surface area contributed by atoms with Crippen molar-refractivity contribution >= 4 is 68.0 Å². The number of amides is 3. The first-order valence-corrected chi connectivity index (χ1v) is 15.3. The van der Waals surface area contributed by atoms with Gasteiger partial charge in [-0.1, -0.05) is 23.2 Å². The van der Waals surface area contributed by atoms with E-state index in [1.165, 1.54) is 15.9 Å². The minimum absolute atomic E-state index is 0.0495. The van der Waals surface area contributed by atoms with Gasteiger partial charge >= 0.3 is 0 Å². The van der Waals surface area contributed by atoms with Gasteiger partial charge < -0.3 is 20.0 Å². The average Bonchev–Trinajstić information content (AvgIpc) is 3.34. The predicted molar refractivity (Wildman–Crippen MR) is 147 cm³/mol. The van der Waals surface area contributed by atoms with Gasteiger partial charge in [0.1, 0.15) is 16.8 Å². The van der Waals surface area contributed by atoms with Crippen molar-refractivity contribution < 1.29 is 27.2 Å². The van der Waals surface area contributed by atoms with E-state index < -0.39 is 38.6 Å². The summed E-state index contributed by atoms with van der Waals surface area (Å²) in [5.41, 5.74) is -0.0495. The predicted octanol–water partition coefficient (Wildman–Crippen LogP) is 2.56. The molecule has 0 radical (unpaired) electrons. The van der Waals surface area contributed by atoms with Gasteiger partial charge in [0.15, 0.2) is 0 Å². The van der Waals surface area contributed by atoms with Crippen LogP contribution in [0.25, 0.3) is 0 Å². The molecule has 2 N–H and O–H groups in total. The number of anilines is 1. The zero-order valence-corrected chi connectivity index (χ0v) is 24.2. The van der Waals surface area contributed by atoms with Crippen molar-refractivity contribution in [3.63, 3.8) is 0 Å². The number of nitrogens with one attached hydrogen (secondary N) is 2. The lowest BCUT2D eigenvalue weighted by atomic mass is 10.1. The van der Waals surface area contributed by atoms with Crippen molar-refractivity contribution in [1.82, 2.24) is 19.8 Å². The van der Waals surface area contributed by atoms with Crippen LogP contribution in [0.5, 0.6) is 0 Å². The molecule has 3 amide bonds. The molecule has 2 saturated heterocycles. The third-order valence-electron chi connectivity index (χ3n) is 6.56. The molecule has 2 aromatic rings. The summed E-state index contributed by atoms with van der Waals surface area (Å²) in [5.74, 6) is -2.27. The third kappa shape index (κ3) is 7.08. The van der Waals surface area contributed by atoms with E-state index in [0.717, 1.165) is 23.5 Å². The van der Waals surface area contributed by atoms with Crippen molar-refractivity contribution in [1.29, 1.82) is 0 Å².